The zero-order valence-corrected chi connectivity index (χ0v) is 14.5. The second-order valence-corrected chi connectivity index (χ2v) is 7.57. The van der Waals surface area contributed by atoms with Gasteiger partial charge in [0.15, 0.2) is 0 Å². The van der Waals surface area contributed by atoms with Gasteiger partial charge < -0.3 is 14.8 Å². The van der Waals surface area contributed by atoms with E-state index in [4.69, 9.17) is 9.47 Å². The molecule has 1 aromatic rings. The first-order valence-corrected chi connectivity index (χ1v) is 9.22. The SMILES string of the molecule is COCCNC(=O)C[C@@H]1COC[C@H]2CN(Cc3cccs3)C[C@@H]12. The van der Waals surface area contributed by atoms with Gasteiger partial charge in [-0.1, -0.05) is 6.07 Å². The smallest absolute Gasteiger partial charge is 0.220 e. The molecule has 3 rings (SSSR count). The fraction of sp³-hybridized carbons (Fsp3) is 0.706. The normalized spacial score (nSPS) is 27.8. The Bertz CT molecular complexity index is 494. The van der Waals surface area contributed by atoms with Crippen LogP contribution >= 0.6 is 11.3 Å². The predicted molar refractivity (Wildman–Crippen MR) is 90.4 cm³/mol. The molecule has 0 bridgehead atoms. The summed E-state index contributed by atoms with van der Waals surface area (Å²) < 4.78 is 10.7. The number of amides is 1. The molecule has 128 valence electrons. The van der Waals surface area contributed by atoms with Crippen LogP contribution in [0.2, 0.25) is 0 Å². The van der Waals surface area contributed by atoms with E-state index in [2.05, 4.69) is 27.7 Å². The van der Waals surface area contributed by atoms with Gasteiger partial charge in [0.05, 0.1) is 19.8 Å². The van der Waals surface area contributed by atoms with E-state index < -0.39 is 0 Å². The monoisotopic (exact) mass is 338 g/mol. The van der Waals surface area contributed by atoms with Crippen molar-refractivity contribution in [3.63, 3.8) is 0 Å². The average Bonchev–Trinajstić information content (AvgIpc) is 3.17. The highest BCUT2D eigenvalue weighted by Crippen LogP contribution is 2.36. The van der Waals surface area contributed by atoms with Crippen molar-refractivity contribution in [2.45, 2.75) is 13.0 Å². The topological polar surface area (TPSA) is 50.8 Å². The Hall–Kier alpha value is -0.950. The summed E-state index contributed by atoms with van der Waals surface area (Å²) in [6.45, 7) is 5.90. The maximum atomic E-state index is 12.1. The number of fused-ring (bicyclic) bond motifs is 1. The minimum Gasteiger partial charge on any atom is -0.383 e. The third kappa shape index (κ3) is 4.53. The van der Waals surface area contributed by atoms with E-state index in [1.165, 1.54) is 4.88 Å². The van der Waals surface area contributed by atoms with Gasteiger partial charge in [0.1, 0.15) is 0 Å². The molecule has 23 heavy (non-hydrogen) atoms. The number of rotatable bonds is 7. The van der Waals surface area contributed by atoms with Gasteiger partial charge in [0.2, 0.25) is 5.91 Å². The summed E-state index contributed by atoms with van der Waals surface area (Å²) in [5, 5.41) is 5.06. The summed E-state index contributed by atoms with van der Waals surface area (Å²) in [5.41, 5.74) is 0. The number of thiophene rings is 1. The molecule has 5 nitrogen and oxygen atoms in total. The summed E-state index contributed by atoms with van der Waals surface area (Å²) in [4.78, 5) is 16.0. The molecule has 0 saturated carbocycles. The van der Waals surface area contributed by atoms with E-state index in [1.807, 2.05) is 11.3 Å². The molecule has 2 fully saturated rings. The Labute approximate surface area is 142 Å². The highest BCUT2D eigenvalue weighted by molar-refractivity contribution is 7.09. The van der Waals surface area contributed by atoms with Crippen LogP contribution in [0.3, 0.4) is 0 Å². The van der Waals surface area contributed by atoms with Crippen LogP contribution in [0.4, 0.5) is 0 Å². The van der Waals surface area contributed by atoms with Crippen LogP contribution in [0.15, 0.2) is 17.5 Å². The Morgan fingerprint density at radius 3 is 3.17 bits per heavy atom. The maximum absolute atomic E-state index is 12.1. The van der Waals surface area contributed by atoms with Crippen LogP contribution in [0.5, 0.6) is 0 Å². The molecule has 0 spiro atoms. The van der Waals surface area contributed by atoms with Crippen molar-refractivity contribution in [3.8, 4) is 0 Å². The molecule has 0 radical (unpaired) electrons. The number of likely N-dealkylation sites (tertiary alicyclic amines) is 1. The van der Waals surface area contributed by atoms with Crippen molar-refractivity contribution >= 4 is 17.2 Å². The molecule has 0 aromatic carbocycles. The molecule has 1 aromatic heterocycles. The second kappa shape index (κ2) is 8.24. The van der Waals surface area contributed by atoms with Crippen molar-refractivity contribution in [2.75, 3.05) is 46.6 Å². The van der Waals surface area contributed by atoms with Gasteiger partial charge in [-0.15, -0.1) is 11.3 Å². The number of nitrogens with one attached hydrogen (secondary N) is 1. The van der Waals surface area contributed by atoms with Crippen LogP contribution in [-0.4, -0.2) is 57.4 Å². The molecule has 3 heterocycles. The molecule has 1 N–H and O–H groups in total. The van der Waals surface area contributed by atoms with Crippen LogP contribution < -0.4 is 5.32 Å². The Balaban J connectivity index is 1.51. The molecule has 2 aliphatic rings. The van der Waals surface area contributed by atoms with Gasteiger partial charge in [0.25, 0.3) is 0 Å². The molecule has 3 atom stereocenters. The number of nitrogens with zero attached hydrogens (tertiary/aromatic N) is 1. The Morgan fingerprint density at radius 2 is 2.39 bits per heavy atom. The minimum atomic E-state index is 0.119. The molecule has 1 amide bonds. The number of carbonyl (C=O) groups excluding carboxylic acids is 1. The number of hydrogen-bond acceptors (Lipinski definition) is 5. The van der Waals surface area contributed by atoms with E-state index in [-0.39, 0.29) is 5.91 Å². The fourth-order valence-corrected chi connectivity index (χ4v) is 4.50. The summed E-state index contributed by atoms with van der Waals surface area (Å²) in [6, 6.07) is 4.31. The number of ether oxygens (including phenoxy) is 2. The predicted octanol–water partition coefficient (Wildman–Crippen LogP) is 1.60. The summed E-state index contributed by atoms with van der Waals surface area (Å²) >= 11 is 1.82. The van der Waals surface area contributed by atoms with Crippen molar-refractivity contribution < 1.29 is 14.3 Å². The second-order valence-electron chi connectivity index (χ2n) is 6.54. The van der Waals surface area contributed by atoms with E-state index in [0.29, 0.717) is 43.9 Å². The summed E-state index contributed by atoms with van der Waals surface area (Å²) in [6.07, 6.45) is 0.567. The average molecular weight is 338 g/mol. The lowest BCUT2D eigenvalue weighted by molar-refractivity contribution is -0.124. The van der Waals surface area contributed by atoms with Crippen LogP contribution in [0.1, 0.15) is 11.3 Å². The Morgan fingerprint density at radius 1 is 1.48 bits per heavy atom. The first-order valence-electron chi connectivity index (χ1n) is 8.34. The third-order valence-electron chi connectivity index (χ3n) is 4.87. The van der Waals surface area contributed by atoms with Gasteiger partial charge >= 0.3 is 0 Å². The van der Waals surface area contributed by atoms with E-state index in [0.717, 1.165) is 26.2 Å². The minimum absolute atomic E-state index is 0.119. The molecule has 6 heteroatoms. The molecular formula is C17H26N2O3S. The highest BCUT2D eigenvalue weighted by Gasteiger charge is 2.41. The van der Waals surface area contributed by atoms with Gasteiger partial charge in [-0.25, -0.2) is 0 Å². The molecule has 0 aliphatic carbocycles. The van der Waals surface area contributed by atoms with E-state index >= 15 is 0 Å². The van der Waals surface area contributed by atoms with Crippen molar-refractivity contribution in [2.24, 2.45) is 17.8 Å². The van der Waals surface area contributed by atoms with E-state index in [1.54, 1.807) is 7.11 Å². The first kappa shape index (κ1) is 16.9. The lowest BCUT2D eigenvalue weighted by atomic mass is 9.81. The van der Waals surface area contributed by atoms with Gasteiger partial charge in [0, 0.05) is 44.6 Å². The zero-order valence-electron chi connectivity index (χ0n) is 13.7. The summed E-state index contributed by atoms with van der Waals surface area (Å²) in [7, 11) is 1.65. The standard InChI is InChI=1S/C17H26N2O3S/c1-21-5-4-18-17(20)7-13-11-22-12-14-8-19(10-16(13)14)9-15-3-2-6-23-15/h2-3,6,13-14,16H,4-5,7-12H2,1H3,(H,18,20)/t13-,14-,16+/m1/s1. The zero-order chi connectivity index (χ0) is 16.1. The molecular weight excluding hydrogens is 312 g/mol. The van der Waals surface area contributed by atoms with Crippen molar-refractivity contribution in [1.82, 2.24) is 10.2 Å². The largest absolute Gasteiger partial charge is 0.383 e. The lowest BCUT2D eigenvalue weighted by Gasteiger charge is -2.32. The lowest BCUT2D eigenvalue weighted by Crippen LogP contribution is -2.38. The van der Waals surface area contributed by atoms with Crippen LogP contribution in [0.25, 0.3) is 0 Å². The Kier molecular flexibility index (Phi) is 6.05. The molecule has 2 saturated heterocycles. The molecule has 0 unspecified atom stereocenters. The van der Waals surface area contributed by atoms with Crippen molar-refractivity contribution in [1.29, 1.82) is 0 Å². The maximum Gasteiger partial charge on any atom is 0.220 e. The van der Waals surface area contributed by atoms with Crippen molar-refractivity contribution in [3.05, 3.63) is 22.4 Å². The van der Waals surface area contributed by atoms with Gasteiger partial charge in [-0.05, 0) is 29.2 Å². The fourth-order valence-electron chi connectivity index (χ4n) is 3.76. The van der Waals surface area contributed by atoms with Gasteiger partial charge in [-0.2, -0.15) is 0 Å². The van der Waals surface area contributed by atoms with E-state index in [9.17, 15) is 4.79 Å². The quantitative estimate of drug-likeness (QED) is 0.767. The number of hydrogen-bond donors (Lipinski definition) is 1. The first-order chi connectivity index (χ1) is 11.3. The summed E-state index contributed by atoms with van der Waals surface area (Å²) in [5.74, 6) is 1.61. The van der Waals surface area contributed by atoms with Crippen LogP contribution in [0, 0.1) is 17.8 Å². The third-order valence-corrected chi connectivity index (χ3v) is 5.73. The number of carbonyl (C=O) groups is 1. The molecule has 2 aliphatic heterocycles. The highest BCUT2D eigenvalue weighted by atomic mass is 32.1. The van der Waals surface area contributed by atoms with Crippen LogP contribution in [-0.2, 0) is 20.8 Å². The number of methoxy groups -OCH3 is 1. The van der Waals surface area contributed by atoms with Gasteiger partial charge in [-0.3, -0.25) is 9.69 Å².